The molecule has 1 saturated heterocycles. The van der Waals surface area contributed by atoms with Crippen LogP contribution in [0.15, 0.2) is 0 Å². The number of ether oxygens (including phenoxy) is 2. The zero-order valence-corrected chi connectivity index (χ0v) is 10.00. The number of methoxy groups -OCH3 is 1. The highest BCUT2D eigenvalue weighted by Gasteiger charge is 2.15. The molecule has 1 unspecified atom stereocenters. The van der Waals surface area contributed by atoms with Crippen LogP contribution in [-0.4, -0.2) is 64.1 Å². The molecule has 1 fully saturated rings. The van der Waals surface area contributed by atoms with Gasteiger partial charge < -0.3 is 14.8 Å². The average Bonchev–Trinajstić information content (AvgIpc) is 2.44. The third-order valence-electron chi connectivity index (χ3n) is 2.89. The van der Waals surface area contributed by atoms with Crippen LogP contribution in [0.2, 0.25) is 0 Å². The van der Waals surface area contributed by atoms with Crippen molar-refractivity contribution in [1.82, 2.24) is 10.2 Å². The van der Waals surface area contributed by atoms with Gasteiger partial charge in [-0.05, 0) is 19.9 Å². The van der Waals surface area contributed by atoms with Gasteiger partial charge in [-0.3, -0.25) is 4.90 Å². The van der Waals surface area contributed by atoms with Gasteiger partial charge in [0.15, 0.2) is 0 Å². The molecule has 15 heavy (non-hydrogen) atoms. The summed E-state index contributed by atoms with van der Waals surface area (Å²) in [5.74, 6) is 0. The summed E-state index contributed by atoms with van der Waals surface area (Å²) < 4.78 is 10.4. The Morgan fingerprint density at radius 1 is 1.27 bits per heavy atom. The van der Waals surface area contributed by atoms with E-state index in [0.29, 0.717) is 19.3 Å². The molecule has 90 valence electrons. The maximum atomic E-state index is 5.48. The summed E-state index contributed by atoms with van der Waals surface area (Å²) in [5, 5.41) is 3.42. The molecule has 0 spiro atoms. The van der Waals surface area contributed by atoms with Crippen LogP contribution >= 0.6 is 0 Å². The zero-order chi connectivity index (χ0) is 10.9. The molecule has 1 aliphatic rings. The second kappa shape index (κ2) is 8.05. The Morgan fingerprint density at radius 3 is 2.93 bits per heavy atom. The fraction of sp³-hybridized carbons (Fsp3) is 1.00. The van der Waals surface area contributed by atoms with Gasteiger partial charge in [0.2, 0.25) is 0 Å². The minimum absolute atomic E-state index is 0.672. The number of hydrogen-bond acceptors (Lipinski definition) is 4. The lowest BCUT2D eigenvalue weighted by Crippen LogP contribution is -2.37. The van der Waals surface area contributed by atoms with Crippen LogP contribution in [0.25, 0.3) is 0 Å². The van der Waals surface area contributed by atoms with Gasteiger partial charge in [-0.1, -0.05) is 0 Å². The zero-order valence-electron chi connectivity index (χ0n) is 10.00. The Labute approximate surface area is 92.9 Å². The SMILES string of the molecule is COCCOCCN1CCNCCC1C. The van der Waals surface area contributed by atoms with E-state index in [4.69, 9.17) is 9.47 Å². The minimum atomic E-state index is 0.672. The van der Waals surface area contributed by atoms with Gasteiger partial charge in [0, 0.05) is 32.8 Å². The molecular formula is C11H24N2O2. The van der Waals surface area contributed by atoms with Crippen molar-refractivity contribution in [3.8, 4) is 0 Å². The van der Waals surface area contributed by atoms with Gasteiger partial charge in [-0.2, -0.15) is 0 Å². The van der Waals surface area contributed by atoms with Gasteiger partial charge in [0.25, 0.3) is 0 Å². The Morgan fingerprint density at radius 2 is 2.13 bits per heavy atom. The van der Waals surface area contributed by atoms with Gasteiger partial charge >= 0.3 is 0 Å². The van der Waals surface area contributed by atoms with Crippen molar-refractivity contribution in [3.63, 3.8) is 0 Å². The molecule has 1 N–H and O–H groups in total. The molecule has 1 rings (SSSR count). The molecule has 4 nitrogen and oxygen atoms in total. The lowest BCUT2D eigenvalue weighted by molar-refractivity contribution is 0.0521. The Kier molecular flexibility index (Phi) is 6.92. The largest absolute Gasteiger partial charge is 0.382 e. The lowest BCUT2D eigenvalue weighted by atomic mass is 10.2. The Bertz CT molecular complexity index is 156. The van der Waals surface area contributed by atoms with Crippen LogP contribution in [0.4, 0.5) is 0 Å². The van der Waals surface area contributed by atoms with Crippen molar-refractivity contribution in [2.75, 3.05) is 53.1 Å². The van der Waals surface area contributed by atoms with Crippen molar-refractivity contribution in [1.29, 1.82) is 0 Å². The molecular weight excluding hydrogens is 192 g/mol. The van der Waals surface area contributed by atoms with Crippen molar-refractivity contribution < 1.29 is 9.47 Å². The van der Waals surface area contributed by atoms with Crippen LogP contribution in [0.1, 0.15) is 13.3 Å². The van der Waals surface area contributed by atoms with Gasteiger partial charge in [-0.15, -0.1) is 0 Å². The fourth-order valence-electron chi connectivity index (χ4n) is 1.82. The number of hydrogen-bond donors (Lipinski definition) is 1. The van der Waals surface area contributed by atoms with Crippen molar-refractivity contribution in [3.05, 3.63) is 0 Å². The summed E-state index contributed by atoms with van der Waals surface area (Å²) in [6.07, 6.45) is 1.23. The van der Waals surface area contributed by atoms with Crippen LogP contribution < -0.4 is 5.32 Å². The van der Waals surface area contributed by atoms with E-state index in [1.54, 1.807) is 7.11 Å². The molecule has 0 bridgehead atoms. The Hall–Kier alpha value is -0.160. The summed E-state index contributed by atoms with van der Waals surface area (Å²) in [5.41, 5.74) is 0. The van der Waals surface area contributed by atoms with Crippen LogP contribution in [0, 0.1) is 0 Å². The van der Waals surface area contributed by atoms with Gasteiger partial charge in [-0.25, -0.2) is 0 Å². The van der Waals surface area contributed by atoms with Crippen molar-refractivity contribution in [2.45, 2.75) is 19.4 Å². The first-order chi connectivity index (χ1) is 7.34. The molecule has 1 heterocycles. The predicted octanol–water partition coefficient (Wildman–Crippen LogP) is 0.333. The molecule has 0 amide bonds. The normalized spacial score (nSPS) is 24.0. The first-order valence-corrected chi connectivity index (χ1v) is 5.86. The summed E-state index contributed by atoms with van der Waals surface area (Å²) >= 11 is 0. The molecule has 0 saturated carbocycles. The Balaban J connectivity index is 2.07. The standard InChI is InChI=1S/C11H24N2O2/c1-11-3-4-12-5-6-13(11)7-8-15-10-9-14-2/h11-12H,3-10H2,1-2H3. The third-order valence-corrected chi connectivity index (χ3v) is 2.89. The molecule has 0 aromatic rings. The molecule has 0 aliphatic carbocycles. The minimum Gasteiger partial charge on any atom is -0.382 e. The fourth-order valence-corrected chi connectivity index (χ4v) is 1.82. The van der Waals surface area contributed by atoms with E-state index in [9.17, 15) is 0 Å². The highest BCUT2D eigenvalue weighted by molar-refractivity contribution is 4.73. The van der Waals surface area contributed by atoms with E-state index in [-0.39, 0.29) is 0 Å². The van der Waals surface area contributed by atoms with E-state index in [0.717, 1.165) is 32.8 Å². The molecule has 1 aliphatic heterocycles. The van der Waals surface area contributed by atoms with E-state index < -0.39 is 0 Å². The first-order valence-electron chi connectivity index (χ1n) is 5.86. The second-order valence-corrected chi connectivity index (χ2v) is 4.03. The van der Waals surface area contributed by atoms with Gasteiger partial charge in [0.05, 0.1) is 19.8 Å². The van der Waals surface area contributed by atoms with E-state index in [2.05, 4.69) is 17.1 Å². The van der Waals surface area contributed by atoms with Crippen molar-refractivity contribution >= 4 is 0 Å². The molecule has 4 heteroatoms. The number of nitrogens with zero attached hydrogens (tertiary/aromatic N) is 1. The van der Waals surface area contributed by atoms with Crippen molar-refractivity contribution in [2.24, 2.45) is 0 Å². The predicted molar refractivity (Wildman–Crippen MR) is 61.2 cm³/mol. The van der Waals surface area contributed by atoms with Crippen LogP contribution in [0.5, 0.6) is 0 Å². The maximum absolute atomic E-state index is 5.48. The second-order valence-electron chi connectivity index (χ2n) is 4.03. The number of nitrogens with one attached hydrogen (secondary N) is 1. The first kappa shape index (κ1) is 12.9. The van der Waals surface area contributed by atoms with Crippen LogP contribution in [0.3, 0.4) is 0 Å². The molecule has 0 aromatic heterocycles. The average molecular weight is 216 g/mol. The third kappa shape index (κ3) is 5.47. The summed E-state index contributed by atoms with van der Waals surface area (Å²) in [6.45, 7) is 8.91. The topological polar surface area (TPSA) is 33.7 Å². The monoisotopic (exact) mass is 216 g/mol. The molecule has 1 atom stereocenters. The highest BCUT2D eigenvalue weighted by atomic mass is 16.5. The van der Waals surface area contributed by atoms with E-state index in [1.165, 1.54) is 6.42 Å². The highest BCUT2D eigenvalue weighted by Crippen LogP contribution is 2.04. The summed E-state index contributed by atoms with van der Waals surface area (Å²) in [4.78, 5) is 2.49. The van der Waals surface area contributed by atoms with E-state index >= 15 is 0 Å². The van der Waals surface area contributed by atoms with Gasteiger partial charge in [0.1, 0.15) is 0 Å². The quantitative estimate of drug-likeness (QED) is 0.649. The molecule has 0 radical (unpaired) electrons. The van der Waals surface area contributed by atoms with Crippen LogP contribution in [-0.2, 0) is 9.47 Å². The van der Waals surface area contributed by atoms with E-state index in [1.807, 2.05) is 0 Å². The maximum Gasteiger partial charge on any atom is 0.0700 e. The smallest absolute Gasteiger partial charge is 0.0700 e. The molecule has 0 aromatic carbocycles. The summed E-state index contributed by atoms with van der Waals surface area (Å²) in [7, 11) is 1.70. The summed E-state index contributed by atoms with van der Waals surface area (Å²) in [6, 6.07) is 0.672. The number of rotatable bonds is 6. The lowest BCUT2D eigenvalue weighted by Gasteiger charge is -2.26.